The van der Waals surface area contributed by atoms with E-state index < -0.39 is 0 Å². The predicted octanol–water partition coefficient (Wildman–Crippen LogP) is 3.36. The van der Waals surface area contributed by atoms with Crippen LogP contribution < -0.4 is 0 Å². The molecule has 1 fully saturated rings. The third kappa shape index (κ3) is 2.54. The van der Waals surface area contributed by atoms with Gasteiger partial charge in [0.25, 0.3) is 0 Å². The minimum absolute atomic E-state index is 0.00130. The largest absolute Gasteiger partial charge is 0.463 e. The van der Waals surface area contributed by atoms with Gasteiger partial charge in [-0.1, -0.05) is 30.3 Å². The second-order valence-electron chi connectivity index (χ2n) is 4.62. The van der Waals surface area contributed by atoms with E-state index in [0.717, 1.165) is 17.1 Å². The van der Waals surface area contributed by atoms with E-state index in [1.54, 1.807) is 11.8 Å². The predicted molar refractivity (Wildman–Crippen MR) is 75.6 cm³/mol. The van der Waals surface area contributed by atoms with Crippen LogP contribution in [0.15, 0.2) is 46.9 Å². The van der Waals surface area contributed by atoms with Gasteiger partial charge in [0.05, 0.1) is 5.75 Å². The fraction of sp³-hybridized carbons (Fsp3) is 0.267. The Labute approximate surface area is 116 Å². The number of carbonyl (C=O) groups excluding carboxylic acids is 1. The summed E-state index contributed by atoms with van der Waals surface area (Å²) >= 11 is 1.63. The normalized spacial score (nSPS) is 19.1. The van der Waals surface area contributed by atoms with E-state index in [2.05, 4.69) is 0 Å². The Morgan fingerprint density at radius 2 is 2.05 bits per heavy atom. The highest BCUT2D eigenvalue weighted by atomic mass is 32.2. The van der Waals surface area contributed by atoms with Crippen LogP contribution in [-0.2, 0) is 11.3 Å². The first kappa shape index (κ1) is 12.4. The molecule has 0 bridgehead atoms. The summed E-state index contributed by atoms with van der Waals surface area (Å²) in [5, 5.41) is 0.00130. The first-order valence-electron chi connectivity index (χ1n) is 6.25. The van der Waals surface area contributed by atoms with E-state index in [0.29, 0.717) is 12.3 Å². The van der Waals surface area contributed by atoms with Crippen molar-refractivity contribution in [1.82, 2.24) is 4.90 Å². The maximum Gasteiger partial charge on any atom is 0.234 e. The highest BCUT2D eigenvalue weighted by Crippen LogP contribution is 2.40. The molecule has 1 aromatic heterocycles. The van der Waals surface area contributed by atoms with Crippen LogP contribution in [0.3, 0.4) is 0 Å². The lowest BCUT2D eigenvalue weighted by molar-refractivity contribution is -0.128. The zero-order valence-electron chi connectivity index (χ0n) is 10.7. The molecule has 98 valence electrons. The zero-order chi connectivity index (χ0) is 13.2. The standard InChI is InChI=1S/C15H15NO2S/c1-11-7-8-13(18-11)15-16(14(17)10-19-15)9-12-5-3-2-4-6-12/h2-8,15H,9-10H2,1H3/t15-/m0/s1. The molecule has 3 nitrogen and oxygen atoms in total. The molecule has 0 N–H and O–H groups in total. The van der Waals surface area contributed by atoms with Gasteiger partial charge in [-0.2, -0.15) is 0 Å². The lowest BCUT2D eigenvalue weighted by Gasteiger charge is -2.22. The van der Waals surface area contributed by atoms with Crippen LogP contribution in [0, 0.1) is 6.92 Å². The summed E-state index contributed by atoms with van der Waals surface area (Å²) in [5.41, 5.74) is 1.15. The minimum Gasteiger partial charge on any atom is -0.463 e. The van der Waals surface area contributed by atoms with Crippen molar-refractivity contribution in [2.75, 3.05) is 5.75 Å². The van der Waals surface area contributed by atoms with E-state index in [9.17, 15) is 4.79 Å². The van der Waals surface area contributed by atoms with Gasteiger partial charge in [0.1, 0.15) is 16.9 Å². The Kier molecular flexibility index (Phi) is 3.34. The molecule has 1 saturated heterocycles. The van der Waals surface area contributed by atoms with Crippen molar-refractivity contribution >= 4 is 17.7 Å². The molecule has 3 rings (SSSR count). The highest BCUT2D eigenvalue weighted by Gasteiger charge is 2.34. The third-order valence-corrected chi connectivity index (χ3v) is 4.38. The third-order valence-electron chi connectivity index (χ3n) is 3.17. The monoisotopic (exact) mass is 273 g/mol. The minimum atomic E-state index is 0.00130. The average molecular weight is 273 g/mol. The lowest BCUT2D eigenvalue weighted by Crippen LogP contribution is -2.27. The first-order valence-corrected chi connectivity index (χ1v) is 7.30. The van der Waals surface area contributed by atoms with Gasteiger partial charge in [-0.15, -0.1) is 11.8 Å². The van der Waals surface area contributed by atoms with Crippen molar-refractivity contribution in [3.63, 3.8) is 0 Å². The molecule has 1 atom stereocenters. The average Bonchev–Trinajstić information content (AvgIpc) is 2.99. The van der Waals surface area contributed by atoms with Crippen LogP contribution in [-0.4, -0.2) is 16.6 Å². The first-order chi connectivity index (χ1) is 9.24. The van der Waals surface area contributed by atoms with E-state index in [1.165, 1.54) is 0 Å². The molecule has 1 aromatic carbocycles. The van der Waals surface area contributed by atoms with Crippen molar-refractivity contribution in [3.8, 4) is 0 Å². The topological polar surface area (TPSA) is 33.5 Å². The van der Waals surface area contributed by atoms with Gasteiger partial charge in [0, 0.05) is 6.54 Å². The van der Waals surface area contributed by atoms with Crippen LogP contribution in [0.4, 0.5) is 0 Å². The number of furan rings is 1. The molecule has 19 heavy (non-hydrogen) atoms. The van der Waals surface area contributed by atoms with Gasteiger partial charge >= 0.3 is 0 Å². The maximum atomic E-state index is 12.0. The molecular weight excluding hydrogens is 258 g/mol. The van der Waals surface area contributed by atoms with Crippen LogP contribution in [0.2, 0.25) is 0 Å². The van der Waals surface area contributed by atoms with Crippen LogP contribution in [0.25, 0.3) is 0 Å². The fourth-order valence-electron chi connectivity index (χ4n) is 2.23. The molecule has 0 spiro atoms. The van der Waals surface area contributed by atoms with Crippen LogP contribution in [0.5, 0.6) is 0 Å². The summed E-state index contributed by atoms with van der Waals surface area (Å²) in [5.74, 6) is 2.45. The molecule has 0 saturated carbocycles. The number of nitrogens with zero attached hydrogens (tertiary/aromatic N) is 1. The summed E-state index contributed by atoms with van der Waals surface area (Å²) in [4.78, 5) is 13.9. The molecule has 2 heterocycles. The van der Waals surface area contributed by atoms with Gasteiger partial charge in [0.15, 0.2) is 0 Å². The van der Waals surface area contributed by atoms with Gasteiger partial charge in [-0.25, -0.2) is 0 Å². The van der Waals surface area contributed by atoms with Gasteiger partial charge in [-0.3, -0.25) is 4.79 Å². The SMILES string of the molecule is Cc1ccc([C@@H]2SCC(=O)N2Cc2ccccc2)o1. The highest BCUT2D eigenvalue weighted by molar-refractivity contribution is 8.00. The Bertz CT molecular complexity index is 579. The van der Waals surface area contributed by atoms with Gasteiger partial charge in [0.2, 0.25) is 5.91 Å². The van der Waals surface area contributed by atoms with E-state index in [4.69, 9.17) is 4.42 Å². The Morgan fingerprint density at radius 3 is 2.74 bits per heavy atom. The van der Waals surface area contributed by atoms with E-state index in [1.807, 2.05) is 54.3 Å². The number of hydrogen-bond acceptors (Lipinski definition) is 3. The molecule has 0 radical (unpaired) electrons. The lowest BCUT2D eigenvalue weighted by atomic mass is 10.2. The molecule has 1 aliphatic rings. The summed E-state index contributed by atoms with van der Waals surface area (Å²) in [6.45, 7) is 2.56. The fourth-order valence-corrected chi connectivity index (χ4v) is 3.36. The Morgan fingerprint density at radius 1 is 1.26 bits per heavy atom. The number of rotatable bonds is 3. The molecule has 0 unspecified atom stereocenters. The molecular formula is C15H15NO2S. The van der Waals surface area contributed by atoms with Crippen molar-refractivity contribution in [2.24, 2.45) is 0 Å². The number of hydrogen-bond donors (Lipinski definition) is 0. The zero-order valence-corrected chi connectivity index (χ0v) is 11.5. The number of amides is 1. The Hall–Kier alpha value is -1.68. The summed E-state index contributed by atoms with van der Waals surface area (Å²) in [6.07, 6.45) is 0. The molecule has 0 aliphatic carbocycles. The smallest absolute Gasteiger partial charge is 0.234 e. The quantitative estimate of drug-likeness (QED) is 0.859. The number of thioether (sulfide) groups is 1. The number of carbonyl (C=O) groups is 1. The summed E-state index contributed by atoms with van der Waals surface area (Å²) < 4.78 is 5.67. The molecule has 4 heteroatoms. The van der Waals surface area contributed by atoms with E-state index >= 15 is 0 Å². The van der Waals surface area contributed by atoms with Crippen molar-refractivity contribution in [2.45, 2.75) is 18.8 Å². The van der Waals surface area contributed by atoms with Crippen molar-refractivity contribution < 1.29 is 9.21 Å². The van der Waals surface area contributed by atoms with Crippen LogP contribution in [0.1, 0.15) is 22.5 Å². The van der Waals surface area contributed by atoms with Crippen molar-refractivity contribution in [1.29, 1.82) is 0 Å². The maximum absolute atomic E-state index is 12.0. The number of benzene rings is 1. The molecule has 1 aliphatic heterocycles. The molecule has 2 aromatic rings. The van der Waals surface area contributed by atoms with Crippen LogP contribution >= 0.6 is 11.8 Å². The van der Waals surface area contributed by atoms with E-state index in [-0.39, 0.29) is 11.3 Å². The van der Waals surface area contributed by atoms with Gasteiger partial charge in [-0.05, 0) is 24.6 Å². The second-order valence-corrected chi connectivity index (χ2v) is 5.69. The summed E-state index contributed by atoms with van der Waals surface area (Å²) in [7, 11) is 0. The van der Waals surface area contributed by atoms with Crippen molar-refractivity contribution in [3.05, 3.63) is 59.5 Å². The second kappa shape index (κ2) is 5.13. The molecule has 1 amide bonds. The van der Waals surface area contributed by atoms with Gasteiger partial charge < -0.3 is 9.32 Å². The summed E-state index contributed by atoms with van der Waals surface area (Å²) in [6, 6.07) is 14.0. The Balaban J connectivity index is 1.83. The number of aryl methyl sites for hydroxylation is 1.